The maximum Gasteiger partial charge on any atom is 0.411 e. The summed E-state index contributed by atoms with van der Waals surface area (Å²) < 4.78 is 42.5. The molecule has 3 nitrogen and oxygen atoms in total. The Morgan fingerprint density at radius 3 is 2.75 bits per heavy atom. The summed E-state index contributed by atoms with van der Waals surface area (Å²) in [5.74, 6) is 0. The van der Waals surface area contributed by atoms with Crippen molar-refractivity contribution in [3.05, 3.63) is 36.0 Å². The van der Waals surface area contributed by atoms with Gasteiger partial charge in [-0.25, -0.2) is 0 Å². The van der Waals surface area contributed by atoms with E-state index in [2.05, 4.69) is 10.1 Å². The number of hydrogen-bond donors (Lipinski definition) is 1. The Balaban J connectivity index is 2.02. The highest BCUT2D eigenvalue weighted by molar-refractivity contribution is 5.83. The van der Waals surface area contributed by atoms with Gasteiger partial charge in [-0.2, -0.15) is 13.2 Å². The fraction of sp³-hybridized carbons (Fsp3) is 0.429. The van der Waals surface area contributed by atoms with E-state index in [9.17, 15) is 13.2 Å². The van der Waals surface area contributed by atoms with E-state index in [1.807, 2.05) is 42.1 Å². The number of aromatic nitrogens is 1. The van der Waals surface area contributed by atoms with Crippen molar-refractivity contribution in [2.24, 2.45) is 0 Å². The van der Waals surface area contributed by atoms with Gasteiger partial charge in [0.25, 0.3) is 0 Å². The lowest BCUT2D eigenvalue weighted by Gasteiger charge is -2.09. The Hall–Kier alpha value is -1.53. The van der Waals surface area contributed by atoms with Gasteiger partial charge in [0.2, 0.25) is 0 Å². The van der Waals surface area contributed by atoms with Gasteiger partial charge in [-0.1, -0.05) is 12.1 Å². The molecule has 0 atom stereocenters. The van der Waals surface area contributed by atoms with Crippen LogP contribution in [0.2, 0.25) is 0 Å². The molecule has 0 saturated carbocycles. The third-order valence-electron chi connectivity index (χ3n) is 3.01. The Morgan fingerprint density at radius 1 is 1.25 bits per heavy atom. The molecule has 110 valence electrons. The molecule has 0 aliphatic carbocycles. The van der Waals surface area contributed by atoms with Crippen molar-refractivity contribution in [2.75, 3.05) is 20.3 Å². The average Bonchev–Trinajstić information content (AvgIpc) is 2.78. The van der Waals surface area contributed by atoms with Crippen LogP contribution in [0, 0.1) is 0 Å². The van der Waals surface area contributed by atoms with Gasteiger partial charge >= 0.3 is 6.18 Å². The molecule has 0 fully saturated rings. The molecule has 0 aliphatic rings. The van der Waals surface area contributed by atoms with Crippen LogP contribution in [-0.4, -0.2) is 31.0 Å². The first-order valence-corrected chi connectivity index (χ1v) is 6.37. The van der Waals surface area contributed by atoms with E-state index in [4.69, 9.17) is 0 Å². The number of fused-ring (bicyclic) bond motifs is 1. The Bertz CT molecular complexity index is 563. The number of alkyl halides is 3. The van der Waals surface area contributed by atoms with E-state index in [0.29, 0.717) is 6.54 Å². The van der Waals surface area contributed by atoms with Crippen LogP contribution >= 0.6 is 0 Å². The average molecular weight is 286 g/mol. The summed E-state index contributed by atoms with van der Waals surface area (Å²) in [6.07, 6.45) is -2.39. The minimum absolute atomic E-state index is 0.0412. The monoisotopic (exact) mass is 286 g/mol. The molecule has 0 saturated heterocycles. The van der Waals surface area contributed by atoms with Gasteiger partial charge in [0.1, 0.15) is 6.61 Å². The highest BCUT2D eigenvalue weighted by Gasteiger charge is 2.27. The third kappa shape index (κ3) is 3.74. The van der Waals surface area contributed by atoms with E-state index in [0.717, 1.165) is 17.4 Å². The fourth-order valence-electron chi connectivity index (χ4n) is 2.18. The molecule has 6 heteroatoms. The van der Waals surface area contributed by atoms with Crippen molar-refractivity contribution in [2.45, 2.75) is 19.3 Å². The van der Waals surface area contributed by atoms with Crippen LogP contribution in [0.5, 0.6) is 0 Å². The molecular formula is C14H17F3N2O. The first kappa shape index (κ1) is 14.9. The topological polar surface area (TPSA) is 26.2 Å². The highest BCUT2D eigenvalue weighted by atomic mass is 19.4. The van der Waals surface area contributed by atoms with E-state index >= 15 is 0 Å². The summed E-state index contributed by atoms with van der Waals surface area (Å²) in [4.78, 5) is 0. The molecule has 0 amide bonds. The van der Waals surface area contributed by atoms with Crippen LogP contribution in [0.25, 0.3) is 10.9 Å². The zero-order chi connectivity index (χ0) is 14.6. The van der Waals surface area contributed by atoms with Gasteiger partial charge in [0.15, 0.2) is 0 Å². The number of rotatable bonds is 6. The molecule has 0 radical (unpaired) electrons. The highest BCUT2D eigenvalue weighted by Crippen LogP contribution is 2.20. The molecular weight excluding hydrogens is 269 g/mol. The lowest BCUT2D eigenvalue weighted by molar-refractivity contribution is -0.174. The van der Waals surface area contributed by atoms with Crippen molar-refractivity contribution >= 4 is 10.9 Å². The first-order valence-electron chi connectivity index (χ1n) is 6.37. The van der Waals surface area contributed by atoms with Gasteiger partial charge in [0.05, 0.1) is 6.61 Å². The molecule has 0 unspecified atom stereocenters. The molecule has 1 aromatic heterocycles. The third-order valence-corrected chi connectivity index (χ3v) is 3.01. The number of nitrogens with zero attached hydrogens (tertiary/aromatic N) is 1. The molecule has 1 heterocycles. The molecule has 1 N–H and O–H groups in total. The Labute approximate surface area is 115 Å². The fourth-order valence-corrected chi connectivity index (χ4v) is 2.18. The molecule has 2 aromatic rings. The van der Waals surface area contributed by atoms with Crippen LogP contribution in [0.3, 0.4) is 0 Å². The van der Waals surface area contributed by atoms with Crippen LogP contribution in [0.15, 0.2) is 30.5 Å². The van der Waals surface area contributed by atoms with Crippen molar-refractivity contribution < 1.29 is 17.9 Å². The smallest absolute Gasteiger partial charge is 0.370 e. The van der Waals surface area contributed by atoms with Crippen molar-refractivity contribution in [1.29, 1.82) is 0 Å². The van der Waals surface area contributed by atoms with Gasteiger partial charge in [-0.05, 0) is 24.7 Å². The zero-order valence-electron chi connectivity index (χ0n) is 11.2. The van der Waals surface area contributed by atoms with Gasteiger partial charge in [0, 0.05) is 30.2 Å². The largest absolute Gasteiger partial charge is 0.411 e. The van der Waals surface area contributed by atoms with Gasteiger partial charge in [-0.3, -0.25) is 0 Å². The second-order valence-corrected chi connectivity index (χ2v) is 4.56. The van der Waals surface area contributed by atoms with E-state index < -0.39 is 12.8 Å². The molecule has 20 heavy (non-hydrogen) atoms. The Kier molecular flexibility index (Phi) is 4.67. The van der Waals surface area contributed by atoms with Crippen LogP contribution in [0.4, 0.5) is 13.2 Å². The zero-order valence-corrected chi connectivity index (χ0v) is 11.2. The number of halogens is 3. The summed E-state index contributed by atoms with van der Waals surface area (Å²) >= 11 is 0. The maximum absolute atomic E-state index is 12.0. The quantitative estimate of drug-likeness (QED) is 0.826. The summed E-state index contributed by atoms with van der Waals surface area (Å²) in [6, 6.07) is 7.91. The van der Waals surface area contributed by atoms with Crippen molar-refractivity contribution in [3.63, 3.8) is 0 Å². The van der Waals surface area contributed by atoms with Crippen LogP contribution < -0.4 is 5.32 Å². The first-order chi connectivity index (χ1) is 9.51. The number of ether oxygens (including phenoxy) is 1. The minimum Gasteiger partial charge on any atom is -0.370 e. The van der Waals surface area contributed by atoms with E-state index in [1.165, 1.54) is 5.56 Å². The predicted octanol–water partition coefficient (Wildman–Crippen LogP) is 2.94. The summed E-state index contributed by atoms with van der Waals surface area (Å²) in [5, 5.41) is 4.20. The number of nitrogens with one attached hydrogen (secondary N) is 1. The normalized spacial score (nSPS) is 12.2. The lowest BCUT2D eigenvalue weighted by Crippen LogP contribution is -2.18. The molecule has 0 bridgehead atoms. The van der Waals surface area contributed by atoms with Crippen LogP contribution in [-0.2, 0) is 17.8 Å². The lowest BCUT2D eigenvalue weighted by atomic mass is 10.1. The maximum atomic E-state index is 12.0. The number of benzene rings is 1. The van der Waals surface area contributed by atoms with E-state index in [-0.39, 0.29) is 6.61 Å². The van der Waals surface area contributed by atoms with Gasteiger partial charge in [-0.15, -0.1) is 0 Å². The molecule has 0 spiro atoms. The standard InChI is InChI=1S/C14H17F3N2O/c1-18-9-11-3-2-4-13-12(11)5-6-19(13)7-8-20-10-14(15,16)17/h2-6,18H,7-10H2,1H3. The molecule has 2 rings (SSSR count). The van der Waals surface area contributed by atoms with E-state index in [1.54, 1.807) is 0 Å². The predicted molar refractivity (Wildman–Crippen MR) is 71.6 cm³/mol. The molecule has 0 aliphatic heterocycles. The second-order valence-electron chi connectivity index (χ2n) is 4.56. The van der Waals surface area contributed by atoms with Gasteiger partial charge < -0.3 is 14.6 Å². The minimum atomic E-state index is -4.27. The summed E-state index contributed by atoms with van der Waals surface area (Å²) in [7, 11) is 1.88. The van der Waals surface area contributed by atoms with Crippen molar-refractivity contribution in [3.8, 4) is 0 Å². The SMILES string of the molecule is CNCc1cccc2c1ccn2CCOCC(F)(F)F. The number of hydrogen-bond acceptors (Lipinski definition) is 2. The molecule has 1 aromatic carbocycles. The Morgan fingerprint density at radius 2 is 2.05 bits per heavy atom. The summed E-state index contributed by atoms with van der Waals surface area (Å²) in [6.45, 7) is 0.00522. The van der Waals surface area contributed by atoms with Crippen LogP contribution in [0.1, 0.15) is 5.56 Å². The summed E-state index contributed by atoms with van der Waals surface area (Å²) in [5.41, 5.74) is 2.17. The second kappa shape index (κ2) is 6.28. The van der Waals surface area contributed by atoms with Crippen molar-refractivity contribution in [1.82, 2.24) is 9.88 Å².